The Labute approximate surface area is 153 Å². The minimum absolute atomic E-state index is 0.0459. The number of pyridine rings is 1. The summed E-state index contributed by atoms with van der Waals surface area (Å²) in [5.41, 5.74) is 1.41. The van der Waals surface area contributed by atoms with E-state index >= 15 is 0 Å². The summed E-state index contributed by atoms with van der Waals surface area (Å²) in [4.78, 5) is 34.0. The van der Waals surface area contributed by atoms with Crippen LogP contribution >= 0.6 is 0 Å². The number of nitrogens with zero attached hydrogens (tertiary/aromatic N) is 3. The molecule has 0 radical (unpaired) electrons. The molecular formula is C20H26FN3O2. The summed E-state index contributed by atoms with van der Waals surface area (Å²) in [7, 11) is 0. The summed E-state index contributed by atoms with van der Waals surface area (Å²) < 4.78 is 13.1. The van der Waals surface area contributed by atoms with Gasteiger partial charge in [0.05, 0.1) is 17.7 Å². The van der Waals surface area contributed by atoms with Gasteiger partial charge in [-0.2, -0.15) is 0 Å². The topological polar surface area (TPSA) is 53.5 Å². The Kier molecular flexibility index (Phi) is 4.45. The standard InChI is InChI=1S/C20H26FN3O2/c1-14-4-2-5-17(22-14)12-23-9-7-20(19(23)26)6-3-8-24(13-20)18(25)15-10-16(21)11-15/h2,4-5,15-16H,3,6-13H2,1H3/t15?,16?,20-/m1/s1. The number of aryl methyl sites for hydroxylation is 1. The summed E-state index contributed by atoms with van der Waals surface area (Å²) >= 11 is 0. The monoisotopic (exact) mass is 359 g/mol. The average Bonchev–Trinajstić information content (AvgIpc) is 2.88. The van der Waals surface area contributed by atoms with Crippen molar-refractivity contribution in [1.82, 2.24) is 14.8 Å². The highest BCUT2D eigenvalue weighted by molar-refractivity contribution is 5.87. The molecule has 3 fully saturated rings. The third-order valence-corrected chi connectivity index (χ3v) is 6.22. The molecule has 0 bridgehead atoms. The van der Waals surface area contributed by atoms with Crippen LogP contribution in [0.3, 0.4) is 0 Å². The van der Waals surface area contributed by atoms with Crippen molar-refractivity contribution in [2.45, 2.75) is 51.7 Å². The molecule has 1 aromatic heterocycles. The molecule has 1 aliphatic carbocycles. The Morgan fingerprint density at radius 1 is 1.31 bits per heavy atom. The fraction of sp³-hybridized carbons (Fsp3) is 0.650. The first-order valence-corrected chi connectivity index (χ1v) is 9.62. The van der Waals surface area contributed by atoms with Crippen LogP contribution in [0, 0.1) is 18.3 Å². The molecule has 2 saturated heterocycles. The largest absolute Gasteiger partial charge is 0.341 e. The van der Waals surface area contributed by atoms with Gasteiger partial charge >= 0.3 is 0 Å². The fourth-order valence-electron chi connectivity index (χ4n) is 4.63. The van der Waals surface area contributed by atoms with E-state index in [9.17, 15) is 14.0 Å². The van der Waals surface area contributed by atoms with E-state index in [0.29, 0.717) is 39.0 Å². The summed E-state index contributed by atoms with van der Waals surface area (Å²) in [5.74, 6) is 0.0177. The number of aromatic nitrogens is 1. The van der Waals surface area contributed by atoms with Crippen molar-refractivity contribution in [2.24, 2.45) is 11.3 Å². The highest BCUT2D eigenvalue weighted by Crippen LogP contribution is 2.42. The molecule has 1 atom stereocenters. The van der Waals surface area contributed by atoms with Crippen molar-refractivity contribution in [3.63, 3.8) is 0 Å². The zero-order valence-corrected chi connectivity index (χ0v) is 15.3. The minimum Gasteiger partial charge on any atom is -0.341 e. The van der Waals surface area contributed by atoms with Gasteiger partial charge in [-0.1, -0.05) is 6.07 Å². The maximum atomic E-state index is 13.1. The van der Waals surface area contributed by atoms with Crippen LogP contribution in [-0.4, -0.2) is 52.4 Å². The van der Waals surface area contributed by atoms with Gasteiger partial charge in [0.15, 0.2) is 0 Å². The molecule has 140 valence electrons. The Hall–Kier alpha value is -1.98. The first kappa shape index (κ1) is 17.4. The van der Waals surface area contributed by atoms with E-state index in [1.807, 2.05) is 34.9 Å². The molecule has 0 aromatic carbocycles. The Balaban J connectivity index is 1.43. The van der Waals surface area contributed by atoms with E-state index in [-0.39, 0.29) is 17.7 Å². The van der Waals surface area contributed by atoms with Crippen LogP contribution in [0.1, 0.15) is 43.5 Å². The third kappa shape index (κ3) is 3.10. The van der Waals surface area contributed by atoms with E-state index < -0.39 is 11.6 Å². The van der Waals surface area contributed by atoms with Crippen LogP contribution in [0.25, 0.3) is 0 Å². The normalized spacial score (nSPS) is 31.4. The number of halogens is 1. The quantitative estimate of drug-likeness (QED) is 0.833. The number of carbonyl (C=O) groups is 2. The molecule has 1 saturated carbocycles. The number of hydrogen-bond acceptors (Lipinski definition) is 3. The minimum atomic E-state index is -0.826. The lowest BCUT2D eigenvalue weighted by Crippen LogP contribution is -2.52. The van der Waals surface area contributed by atoms with E-state index in [1.54, 1.807) is 0 Å². The first-order chi connectivity index (χ1) is 12.5. The first-order valence-electron chi connectivity index (χ1n) is 9.62. The molecular weight excluding hydrogens is 333 g/mol. The van der Waals surface area contributed by atoms with Crippen LogP contribution < -0.4 is 0 Å². The molecule has 0 unspecified atom stereocenters. The zero-order valence-electron chi connectivity index (χ0n) is 15.3. The summed E-state index contributed by atoms with van der Waals surface area (Å²) in [6.45, 7) is 4.38. The van der Waals surface area contributed by atoms with Crippen molar-refractivity contribution in [2.75, 3.05) is 19.6 Å². The fourth-order valence-corrected chi connectivity index (χ4v) is 4.63. The number of piperidine rings is 1. The van der Waals surface area contributed by atoms with Gasteiger partial charge in [-0.15, -0.1) is 0 Å². The van der Waals surface area contributed by atoms with Crippen molar-refractivity contribution in [3.8, 4) is 0 Å². The third-order valence-electron chi connectivity index (χ3n) is 6.22. The lowest BCUT2D eigenvalue weighted by molar-refractivity contribution is -0.148. The second-order valence-corrected chi connectivity index (χ2v) is 8.16. The highest BCUT2D eigenvalue weighted by Gasteiger charge is 2.50. The van der Waals surface area contributed by atoms with Gasteiger partial charge in [0.1, 0.15) is 6.17 Å². The van der Waals surface area contributed by atoms with Gasteiger partial charge in [0, 0.05) is 31.2 Å². The number of rotatable bonds is 3. The Morgan fingerprint density at radius 3 is 2.85 bits per heavy atom. The van der Waals surface area contributed by atoms with Crippen molar-refractivity contribution >= 4 is 11.8 Å². The molecule has 3 aliphatic rings. The van der Waals surface area contributed by atoms with Crippen LogP contribution in [0.2, 0.25) is 0 Å². The van der Waals surface area contributed by atoms with Gasteiger partial charge in [-0.3, -0.25) is 14.6 Å². The van der Waals surface area contributed by atoms with Crippen molar-refractivity contribution < 1.29 is 14.0 Å². The summed E-state index contributed by atoms with van der Waals surface area (Å²) in [5, 5.41) is 0. The predicted molar refractivity (Wildman–Crippen MR) is 94.9 cm³/mol. The molecule has 1 spiro atoms. The van der Waals surface area contributed by atoms with Gasteiger partial charge in [-0.05, 0) is 51.2 Å². The number of carbonyl (C=O) groups excluding carboxylic acids is 2. The molecule has 1 aromatic rings. The van der Waals surface area contributed by atoms with Gasteiger partial charge in [0.25, 0.3) is 0 Å². The van der Waals surface area contributed by atoms with E-state index in [1.165, 1.54) is 0 Å². The molecule has 0 N–H and O–H groups in total. The van der Waals surface area contributed by atoms with Crippen LogP contribution in [0.5, 0.6) is 0 Å². The van der Waals surface area contributed by atoms with Crippen molar-refractivity contribution in [1.29, 1.82) is 0 Å². The maximum absolute atomic E-state index is 13.1. The summed E-state index contributed by atoms with van der Waals surface area (Å²) in [6.07, 6.45) is 2.35. The lowest BCUT2D eigenvalue weighted by Gasteiger charge is -2.42. The van der Waals surface area contributed by atoms with E-state index in [2.05, 4.69) is 4.98 Å². The Morgan fingerprint density at radius 2 is 2.12 bits per heavy atom. The average molecular weight is 359 g/mol. The Bertz CT molecular complexity index is 719. The second-order valence-electron chi connectivity index (χ2n) is 8.16. The van der Waals surface area contributed by atoms with E-state index in [0.717, 1.165) is 30.7 Å². The molecule has 5 nitrogen and oxygen atoms in total. The van der Waals surface area contributed by atoms with Gasteiger partial charge in [-0.25, -0.2) is 4.39 Å². The smallest absolute Gasteiger partial charge is 0.231 e. The SMILES string of the molecule is Cc1cccc(CN2CC[C@@]3(CCCN(C(=O)C4CC(F)C4)C3)C2=O)n1. The lowest BCUT2D eigenvalue weighted by atomic mass is 9.76. The number of likely N-dealkylation sites (tertiary alicyclic amines) is 2. The highest BCUT2D eigenvalue weighted by atomic mass is 19.1. The summed E-state index contributed by atoms with van der Waals surface area (Å²) in [6, 6.07) is 5.86. The molecule has 6 heteroatoms. The van der Waals surface area contributed by atoms with Crippen LogP contribution in [0.15, 0.2) is 18.2 Å². The molecule has 4 rings (SSSR count). The maximum Gasteiger partial charge on any atom is 0.231 e. The predicted octanol–water partition coefficient (Wildman–Crippen LogP) is 2.48. The van der Waals surface area contributed by atoms with E-state index in [4.69, 9.17) is 0 Å². The van der Waals surface area contributed by atoms with Gasteiger partial charge < -0.3 is 9.80 Å². The number of hydrogen-bond donors (Lipinski definition) is 0. The second kappa shape index (κ2) is 6.63. The van der Waals surface area contributed by atoms with Crippen LogP contribution in [0.4, 0.5) is 4.39 Å². The molecule has 26 heavy (non-hydrogen) atoms. The van der Waals surface area contributed by atoms with Gasteiger partial charge in [0.2, 0.25) is 11.8 Å². The zero-order chi connectivity index (χ0) is 18.3. The number of amides is 2. The number of alkyl halides is 1. The van der Waals surface area contributed by atoms with Crippen molar-refractivity contribution in [3.05, 3.63) is 29.6 Å². The molecule has 2 aliphatic heterocycles. The van der Waals surface area contributed by atoms with Crippen LogP contribution in [-0.2, 0) is 16.1 Å². The molecule has 2 amide bonds. The molecule has 3 heterocycles.